The van der Waals surface area contributed by atoms with Gasteiger partial charge in [-0.15, -0.1) is 0 Å². The molecule has 1 fully saturated rings. The largest absolute Gasteiger partial charge is 0.453 e. The summed E-state index contributed by atoms with van der Waals surface area (Å²) in [5.41, 5.74) is 4.10. The average molecular weight is 736 g/mol. The number of nitrogens with one attached hydrogen (secondary N) is 4. The summed E-state index contributed by atoms with van der Waals surface area (Å²) < 4.78 is 81.1. The number of carbonyl (C=O) groups excluding carboxylic acids is 4. The van der Waals surface area contributed by atoms with Crippen LogP contribution in [0.15, 0.2) is 23.2 Å². The van der Waals surface area contributed by atoms with Crippen LogP contribution in [0.2, 0.25) is 0 Å². The second kappa shape index (κ2) is 17.6. The van der Waals surface area contributed by atoms with Crippen molar-refractivity contribution in [2.75, 3.05) is 27.3 Å². The van der Waals surface area contributed by atoms with Crippen molar-refractivity contribution < 1.29 is 55.7 Å². The molecule has 1 unspecified atom stereocenters. The monoisotopic (exact) mass is 735 g/mol. The lowest BCUT2D eigenvalue weighted by Crippen LogP contribution is -2.60. The highest BCUT2D eigenvalue weighted by atomic mass is 19.4. The molecule has 1 aromatic rings. The Morgan fingerprint density at radius 1 is 0.980 bits per heavy atom. The maximum Gasteiger partial charge on any atom is 0.407 e. The first-order valence-corrected chi connectivity index (χ1v) is 15.8. The van der Waals surface area contributed by atoms with Gasteiger partial charge in [0.25, 0.3) is 5.91 Å². The normalized spacial score (nSPS) is 15.9. The zero-order chi connectivity index (χ0) is 38.9. The van der Waals surface area contributed by atoms with E-state index in [2.05, 4.69) is 30.5 Å². The molecule has 0 aromatic heterocycles. The molecule has 3 atom stereocenters. The summed E-state index contributed by atoms with van der Waals surface area (Å²) in [6, 6.07) is -1.37. The predicted molar refractivity (Wildman–Crippen MR) is 176 cm³/mol. The number of rotatable bonds is 15. The van der Waals surface area contributed by atoms with Crippen molar-refractivity contribution in [1.29, 1.82) is 0 Å². The smallest absolute Gasteiger partial charge is 0.407 e. The topological polar surface area (TPSA) is 197 Å². The molecule has 14 nitrogen and oxygen atoms in total. The van der Waals surface area contributed by atoms with Crippen molar-refractivity contribution in [2.24, 2.45) is 21.6 Å². The fraction of sp³-hybridized carbons (Fsp3) is 0.594. The van der Waals surface area contributed by atoms with Crippen molar-refractivity contribution in [1.82, 2.24) is 26.4 Å². The van der Waals surface area contributed by atoms with Crippen molar-refractivity contribution >= 4 is 35.9 Å². The minimum atomic E-state index is -4.97. The van der Waals surface area contributed by atoms with Gasteiger partial charge in [0.15, 0.2) is 0 Å². The Morgan fingerprint density at radius 2 is 1.51 bits per heavy atom. The Morgan fingerprint density at radius 3 is 1.98 bits per heavy atom. The first-order valence-electron chi connectivity index (χ1n) is 15.8. The molecule has 0 saturated heterocycles. The fourth-order valence-corrected chi connectivity index (χ4v) is 4.45. The van der Waals surface area contributed by atoms with Gasteiger partial charge >= 0.3 is 18.4 Å². The second-order valence-electron chi connectivity index (χ2n) is 13.5. The molecule has 0 aliphatic heterocycles. The number of benzene rings is 1. The van der Waals surface area contributed by atoms with E-state index in [9.17, 15) is 37.5 Å². The number of ether oxygens (including phenoxy) is 2. The molecule has 1 aromatic carbocycles. The Labute approximate surface area is 292 Å². The number of allylic oxidation sites excluding steroid dienone is 1. The highest BCUT2D eigenvalue weighted by molar-refractivity contribution is 5.87. The van der Waals surface area contributed by atoms with Gasteiger partial charge in [0.05, 0.1) is 31.8 Å². The number of methoxy groups -OCH3 is 2. The van der Waals surface area contributed by atoms with Gasteiger partial charge in [-0.25, -0.2) is 23.4 Å². The lowest BCUT2D eigenvalue weighted by Gasteiger charge is -2.35. The summed E-state index contributed by atoms with van der Waals surface area (Å²) in [5, 5.41) is 18.0. The van der Waals surface area contributed by atoms with Crippen LogP contribution in [0.5, 0.6) is 0 Å². The Balaban J connectivity index is 2.37. The second-order valence-corrected chi connectivity index (χ2v) is 13.5. The van der Waals surface area contributed by atoms with Crippen LogP contribution >= 0.6 is 0 Å². The number of alkyl halides is 3. The van der Waals surface area contributed by atoms with Gasteiger partial charge in [0, 0.05) is 42.7 Å². The Bertz CT molecular complexity index is 1450. The number of nitrogens with two attached hydrogens (primary N) is 1. The maximum absolute atomic E-state index is 15.4. The number of aliphatic hydroxyl groups excluding tert-OH is 1. The van der Waals surface area contributed by atoms with E-state index < -0.39 is 96.0 Å². The van der Waals surface area contributed by atoms with Crippen LogP contribution < -0.4 is 27.1 Å². The number of hydrogen-bond acceptors (Lipinski definition) is 10. The van der Waals surface area contributed by atoms with Crippen molar-refractivity contribution in [3.63, 3.8) is 0 Å². The molecule has 0 heterocycles. The van der Waals surface area contributed by atoms with Crippen molar-refractivity contribution in [2.45, 2.75) is 84.4 Å². The first-order chi connectivity index (χ1) is 23.5. The SMILES string of the molecule is COC(=O)NC(C(=O)NC[C@@H](O)CN(Cc1c(F)cc(C(N)=CC=NC2CC2)cc1F)NC(=O)[C@@H](NC(=O)OC)C(C)(C)C)C(C)(C)C(F)(F)F. The molecule has 1 saturated carbocycles. The summed E-state index contributed by atoms with van der Waals surface area (Å²) in [7, 11) is 1.96. The summed E-state index contributed by atoms with van der Waals surface area (Å²) in [6.07, 6.45) is -4.22. The molecule has 19 heteroatoms. The van der Waals surface area contributed by atoms with E-state index in [1.54, 1.807) is 20.8 Å². The Kier molecular flexibility index (Phi) is 14.7. The van der Waals surface area contributed by atoms with Gasteiger partial charge in [-0.1, -0.05) is 20.8 Å². The molecule has 286 valence electrons. The van der Waals surface area contributed by atoms with E-state index in [4.69, 9.17) is 5.73 Å². The summed E-state index contributed by atoms with van der Waals surface area (Å²) in [5.74, 6) is -4.38. The highest BCUT2D eigenvalue weighted by Crippen LogP contribution is 2.40. The predicted octanol–water partition coefficient (Wildman–Crippen LogP) is 2.89. The molecule has 51 heavy (non-hydrogen) atoms. The third-order valence-electron chi connectivity index (χ3n) is 7.87. The van der Waals surface area contributed by atoms with Gasteiger partial charge in [-0.2, -0.15) is 13.2 Å². The average Bonchev–Trinajstić information content (AvgIpc) is 3.85. The number of aliphatic imine (C=N–C) groups is 1. The van der Waals surface area contributed by atoms with Gasteiger partial charge in [0.1, 0.15) is 23.7 Å². The summed E-state index contributed by atoms with van der Waals surface area (Å²) >= 11 is 0. The highest BCUT2D eigenvalue weighted by Gasteiger charge is 2.55. The Hall–Kier alpha value is -4.52. The molecule has 4 amide bonds. The van der Waals surface area contributed by atoms with Crippen molar-refractivity contribution in [3.05, 3.63) is 41.0 Å². The van der Waals surface area contributed by atoms with E-state index in [1.807, 2.05) is 5.32 Å². The molecule has 0 spiro atoms. The van der Waals surface area contributed by atoms with Gasteiger partial charge in [-0.05, 0) is 50.3 Å². The van der Waals surface area contributed by atoms with E-state index in [0.717, 1.165) is 44.2 Å². The molecule has 7 N–H and O–H groups in total. The molecule has 1 aliphatic rings. The van der Waals surface area contributed by atoms with E-state index >= 15 is 8.78 Å². The minimum Gasteiger partial charge on any atom is -0.453 e. The van der Waals surface area contributed by atoms with Gasteiger partial charge in [-0.3, -0.25) is 20.0 Å². The molecule has 1 aliphatic carbocycles. The fourth-order valence-electron chi connectivity index (χ4n) is 4.45. The van der Waals surface area contributed by atoms with Crippen LogP contribution in [-0.4, -0.2) is 98.0 Å². The van der Waals surface area contributed by atoms with Crippen LogP contribution in [0.4, 0.5) is 31.5 Å². The molecule has 0 bridgehead atoms. The zero-order valence-corrected chi connectivity index (χ0v) is 29.4. The van der Waals surface area contributed by atoms with Crippen LogP contribution in [-0.2, 0) is 25.6 Å². The number of nitrogens with zero attached hydrogens (tertiary/aromatic N) is 2. The number of amides is 4. The van der Waals surface area contributed by atoms with Gasteiger partial charge < -0.3 is 36.3 Å². The number of halogens is 5. The maximum atomic E-state index is 15.4. The van der Waals surface area contributed by atoms with Crippen LogP contribution in [0, 0.1) is 22.5 Å². The first kappa shape index (κ1) is 42.6. The van der Waals surface area contributed by atoms with Gasteiger partial charge in [0.2, 0.25) is 5.91 Å². The van der Waals surface area contributed by atoms with E-state index in [-0.39, 0.29) is 17.3 Å². The number of hydrogen-bond donors (Lipinski definition) is 6. The number of carbonyl (C=O) groups is 4. The van der Waals surface area contributed by atoms with Crippen molar-refractivity contribution in [3.8, 4) is 0 Å². The lowest BCUT2D eigenvalue weighted by atomic mass is 9.83. The number of aliphatic hydroxyl groups is 1. The molecule has 0 radical (unpaired) electrons. The van der Waals surface area contributed by atoms with Crippen LogP contribution in [0.1, 0.15) is 58.6 Å². The summed E-state index contributed by atoms with van der Waals surface area (Å²) in [4.78, 5) is 54.3. The number of hydrazine groups is 1. The lowest BCUT2D eigenvalue weighted by molar-refractivity contribution is -0.220. The summed E-state index contributed by atoms with van der Waals surface area (Å²) in [6.45, 7) is 4.05. The standard InChI is InChI=1S/C32H46F5N7O7/c1-30(2,3)24(41-28(48)50-6)27(47)43-44(16-20-21(33)12-17(13-22(20)34)23(38)10-11-39-18-8-9-18)15-19(45)14-40-26(46)25(42-29(49)51-7)31(4,5)32(35,36)37/h10-13,18-19,24-25,45H,8-9,14-16,38H2,1-7H3,(H,40,46)(H,41,48)(H,42,49)(H,43,47)/t19-,24-,25?/m1/s1. The minimum absolute atomic E-state index is 0.00121. The molecular weight excluding hydrogens is 689 g/mol. The van der Waals surface area contributed by atoms with E-state index in [0.29, 0.717) is 13.8 Å². The quantitative estimate of drug-likeness (QED) is 0.0892. The molecular formula is C32H46F5N7O7. The zero-order valence-electron chi connectivity index (χ0n) is 29.4. The van der Waals surface area contributed by atoms with Crippen LogP contribution in [0.3, 0.4) is 0 Å². The van der Waals surface area contributed by atoms with E-state index in [1.165, 1.54) is 12.3 Å². The number of alkyl carbamates (subject to hydrolysis) is 2. The molecule has 2 rings (SSSR count). The third-order valence-corrected chi connectivity index (χ3v) is 7.87. The third kappa shape index (κ3) is 12.6. The van der Waals surface area contributed by atoms with Crippen LogP contribution in [0.25, 0.3) is 5.70 Å².